The molecule has 2 rings (SSSR count). The molecule has 0 aliphatic carbocycles. The van der Waals surface area contributed by atoms with Gasteiger partial charge in [0.05, 0.1) is 12.0 Å². The Morgan fingerprint density at radius 1 is 1.50 bits per heavy atom. The van der Waals surface area contributed by atoms with E-state index in [0.717, 1.165) is 17.7 Å². The van der Waals surface area contributed by atoms with Crippen LogP contribution in [0, 0.1) is 11.3 Å². The molecule has 0 saturated heterocycles. The van der Waals surface area contributed by atoms with E-state index in [4.69, 9.17) is 10.5 Å². The summed E-state index contributed by atoms with van der Waals surface area (Å²) in [5.41, 5.74) is 6.08. The van der Waals surface area contributed by atoms with E-state index < -0.39 is 11.4 Å². The highest BCUT2D eigenvalue weighted by molar-refractivity contribution is 5.75. The molecular weight excluding hydrogens is 254 g/mol. The minimum Gasteiger partial charge on any atom is -0.493 e. The SMILES string of the molecule is CC(C)C(CN)(CC1CCOc2ccccc21)C(=O)O. The predicted octanol–water partition coefficient (Wildman–Crippen LogP) is 2.63. The summed E-state index contributed by atoms with van der Waals surface area (Å²) in [5.74, 6) is 0.282. The van der Waals surface area contributed by atoms with Gasteiger partial charge in [-0.25, -0.2) is 0 Å². The zero-order valence-electron chi connectivity index (χ0n) is 12.1. The van der Waals surface area contributed by atoms with E-state index in [1.54, 1.807) is 0 Å². The van der Waals surface area contributed by atoms with Crippen molar-refractivity contribution in [2.75, 3.05) is 13.2 Å². The third-order valence-corrected chi connectivity index (χ3v) is 4.59. The first-order chi connectivity index (χ1) is 9.51. The fourth-order valence-corrected chi connectivity index (χ4v) is 3.04. The van der Waals surface area contributed by atoms with Crippen LogP contribution in [-0.4, -0.2) is 24.2 Å². The number of ether oxygens (including phenoxy) is 1. The van der Waals surface area contributed by atoms with Crippen molar-refractivity contribution < 1.29 is 14.6 Å². The van der Waals surface area contributed by atoms with Gasteiger partial charge in [-0.15, -0.1) is 0 Å². The van der Waals surface area contributed by atoms with Crippen molar-refractivity contribution in [1.29, 1.82) is 0 Å². The fraction of sp³-hybridized carbons (Fsp3) is 0.562. The number of hydrogen-bond acceptors (Lipinski definition) is 3. The van der Waals surface area contributed by atoms with Gasteiger partial charge in [0, 0.05) is 6.54 Å². The lowest BCUT2D eigenvalue weighted by molar-refractivity contribution is -0.152. The molecule has 0 fully saturated rings. The van der Waals surface area contributed by atoms with Crippen LogP contribution in [0.25, 0.3) is 0 Å². The van der Waals surface area contributed by atoms with Crippen molar-refractivity contribution in [1.82, 2.24) is 0 Å². The molecule has 1 aliphatic rings. The van der Waals surface area contributed by atoms with E-state index >= 15 is 0 Å². The molecule has 110 valence electrons. The Labute approximate surface area is 119 Å². The van der Waals surface area contributed by atoms with E-state index in [0.29, 0.717) is 13.0 Å². The number of carboxylic acids is 1. The zero-order chi connectivity index (χ0) is 14.8. The first kappa shape index (κ1) is 14.9. The van der Waals surface area contributed by atoms with Gasteiger partial charge in [0.1, 0.15) is 5.75 Å². The summed E-state index contributed by atoms with van der Waals surface area (Å²) in [7, 11) is 0. The topological polar surface area (TPSA) is 72.5 Å². The molecule has 0 saturated carbocycles. The number of nitrogens with two attached hydrogens (primary N) is 1. The van der Waals surface area contributed by atoms with Crippen molar-refractivity contribution in [3.63, 3.8) is 0 Å². The molecule has 2 unspecified atom stereocenters. The molecule has 0 bridgehead atoms. The number of para-hydroxylation sites is 1. The minimum atomic E-state index is -0.866. The molecular formula is C16H23NO3. The summed E-state index contributed by atoms with van der Waals surface area (Å²) in [6, 6.07) is 7.89. The number of aliphatic carboxylic acids is 1. The normalized spacial score (nSPS) is 20.9. The van der Waals surface area contributed by atoms with E-state index in [1.807, 2.05) is 38.1 Å². The molecule has 0 radical (unpaired) electrons. The quantitative estimate of drug-likeness (QED) is 0.867. The number of fused-ring (bicyclic) bond motifs is 1. The van der Waals surface area contributed by atoms with Gasteiger partial charge in [-0.05, 0) is 36.3 Å². The molecule has 2 atom stereocenters. The van der Waals surface area contributed by atoms with Crippen molar-refractivity contribution >= 4 is 5.97 Å². The maximum atomic E-state index is 11.8. The van der Waals surface area contributed by atoms with Crippen LogP contribution in [-0.2, 0) is 4.79 Å². The largest absolute Gasteiger partial charge is 0.493 e. The first-order valence-electron chi connectivity index (χ1n) is 7.16. The highest BCUT2D eigenvalue weighted by atomic mass is 16.5. The lowest BCUT2D eigenvalue weighted by atomic mass is 9.69. The van der Waals surface area contributed by atoms with Crippen LogP contribution in [0.1, 0.15) is 38.2 Å². The van der Waals surface area contributed by atoms with Gasteiger partial charge in [0.15, 0.2) is 0 Å². The summed E-state index contributed by atoms with van der Waals surface area (Å²) in [6.45, 7) is 4.68. The van der Waals surface area contributed by atoms with Crippen molar-refractivity contribution in [3.05, 3.63) is 29.8 Å². The Morgan fingerprint density at radius 3 is 2.80 bits per heavy atom. The summed E-state index contributed by atoms with van der Waals surface area (Å²) < 4.78 is 5.64. The third-order valence-electron chi connectivity index (χ3n) is 4.59. The molecule has 0 amide bonds. The van der Waals surface area contributed by atoms with Gasteiger partial charge in [-0.2, -0.15) is 0 Å². The second-order valence-corrected chi connectivity index (χ2v) is 5.90. The van der Waals surface area contributed by atoms with Crippen LogP contribution in [0.5, 0.6) is 5.75 Å². The maximum absolute atomic E-state index is 11.8. The van der Waals surface area contributed by atoms with Crippen molar-refractivity contribution in [3.8, 4) is 5.75 Å². The molecule has 3 N–H and O–H groups in total. The van der Waals surface area contributed by atoms with Gasteiger partial charge >= 0.3 is 5.97 Å². The molecule has 1 heterocycles. The molecule has 1 aliphatic heterocycles. The average Bonchev–Trinajstić information content (AvgIpc) is 2.44. The smallest absolute Gasteiger partial charge is 0.311 e. The number of benzene rings is 1. The number of rotatable bonds is 5. The lowest BCUT2D eigenvalue weighted by Crippen LogP contribution is -2.44. The molecule has 1 aromatic carbocycles. The van der Waals surface area contributed by atoms with Crippen molar-refractivity contribution in [2.24, 2.45) is 17.1 Å². The number of carboxylic acid groups (broad SMARTS) is 1. The van der Waals surface area contributed by atoms with Gasteiger partial charge in [0.25, 0.3) is 0 Å². The van der Waals surface area contributed by atoms with Crippen LogP contribution in [0.15, 0.2) is 24.3 Å². The van der Waals surface area contributed by atoms with E-state index in [1.165, 1.54) is 0 Å². The number of carbonyl (C=O) groups is 1. The van der Waals surface area contributed by atoms with E-state index in [9.17, 15) is 9.90 Å². The molecule has 0 aromatic heterocycles. The summed E-state index contributed by atoms with van der Waals surface area (Å²) in [5, 5.41) is 9.66. The van der Waals surface area contributed by atoms with Gasteiger partial charge < -0.3 is 15.6 Å². The molecule has 0 spiro atoms. The second-order valence-electron chi connectivity index (χ2n) is 5.90. The Bertz CT molecular complexity index is 486. The van der Waals surface area contributed by atoms with Gasteiger partial charge in [-0.3, -0.25) is 4.79 Å². The summed E-state index contributed by atoms with van der Waals surface area (Å²) in [6.07, 6.45) is 1.41. The highest BCUT2D eigenvalue weighted by Gasteiger charge is 2.43. The van der Waals surface area contributed by atoms with E-state index in [-0.39, 0.29) is 18.4 Å². The average molecular weight is 277 g/mol. The predicted molar refractivity (Wildman–Crippen MR) is 77.9 cm³/mol. The Kier molecular flexibility index (Phi) is 4.33. The molecule has 4 heteroatoms. The Morgan fingerprint density at radius 2 is 2.20 bits per heavy atom. The third kappa shape index (κ3) is 2.52. The second kappa shape index (κ2) is 5.83. The standard InChI is InChI=1S/C16H23NO3/c1-11(2)16(10-17,15(18)19)9-12-7-8-20-14-6-4-3-5-13(12)14/h3-6,11-12H,7-10,17H2,1-2H3,(H,18,19). The molecule has 4 nitrogen and oxygen atoms in total. The number of hydrogen-bond donors (Lipinski definition) is 2. The molecule has 20 heavy (non-hydrogen) atoms. The maximum Gasteiger partial charge on any atom is 0.311 e. The Hall–Kier alpha value is -1.55. The van der Waals surface area contributed by atoms with Crippen LogP contribution < -0.4 is 10.5 Å². The monoisotopic (exact) mass is 277 g/mol. The van der Waals surface area contributed by atoms with Gasteiger partial charge in [-0.1, -0.05) is 32.0 Å². The molecule has 1 aromatic rings. The van der Waals surface area contributed by atoms with Crippen LogP contribution in [0.2, 0.25) is 0 Å². The first-order valence-corrected chi connectivity index (χ1v) is 7.16. The summed E-state index contributed by atoms with van der Waals surface area (Å²) >= 11 is 0. The van der Waals surface area contributed by atoms with Crippen LogP contribution >= 0.6 is 0 Å². The van der Waals surface area contributed by atoms with Gasteiger partial charge in [0.2, 0.25) is 0 Å². The summed E-state index contributed by atoms with van der Waals surface area (Å²) in [4.78, 5) is 11.8. The van der Waals surface area contributed by atoms with E-state index in [2.05, 4.69) is 0 Å². The Balaban J connectivity index is 2.31. The highest BCUT2D eigenvalue weighted by Crippen LogP contribution is 2.43. The minimum absolute atomic E-state index is 0.00000661. The fourth-order valence-electron chi connectivity index (χ4n) is 3.04. The van der Waals surface area contributed by atoms with Crippen molar-refractivity contribution in [2.45, 2.75) is 32.6 Å². The lowest BCUT2D eigenvalue weighted by Gasteiger charge is -2.37. The zero-order valence-corrected chi connectivity index (χ0v) is 12.1. The van der Waals surface area contributed by atoms with Crippen LogP contribution in [0.3, 0.4) is 0 Å². The van der Waals surface area contributed by atoms with Crippen LogP contribution in [0.4, 0.5) is 0 Å².